The highest BCUT2D eigenvalue weighted by Gasteiger charge is 2.42. The Morgan fingerprint density at radius 1 is 0.929 bits per heavy atom. The molecule has 1 aromatic heterocycles. The fourth-order valence-corrected chi connectivity index (χ4v) is 12.6. The van der Waals surface area contributed by atoms with Crippen LogP contribution in [0.5, 0.6) is 5.75 Å². The molecule has 0 radical (unpaired) electrons. The first-order valence-electron chi connectivity index (χ1n) is 23.6. The van der Waals surface area contributed by atoms with Crippen molar-refractivity contribution in [3.63, 3.8) is 0 Å². The molecule has 4 aromatic rings. The van der Waals surface area contributed by atoms with Gasteiger partial charge >= 0.3 is 0 Å². The standard InChI is InChI=1S/C49H56FIN8O9S2/c50-32-5-8-40(60)37(26-32)44(47(64)54-49-52-12-24-70-49)59-28-31-4-6-34(27-36(31)48(59)65)55-13-10-33(11-14-55)56-15-17-57(18-16-56)43(62)30-68-22-21-66-19-20-67-23-25-69-41-3-1-2-35-38(41)29-58(45(35)51)39-7-9-42(61)53-46(39)63/h1-6,8,12,24,26-27,33,39,44-45,60H,7,9-11,13-23,25,28-30H2,(H,52,54,64)(H,53,61,63). The zero-order chi connectivity index (χ0) is 48.7. The summed E-state index contributed by atoms with van der Waals surface area (Å²) in [5.41, 5.74) is 4.56. The van der Waals surface area contributed by atoms with Gasteiger partial charge in [-0.15, -0.1) is 23.1 Å². The number of ether oxygens (including phenoxy) is 3. The predicted molar refractivity (Wildman–Crippen MR) is 269 cm³/mol. The third kappa shape index (κ3) is 11.6. The maximum atomic E-state index is 14.4. The largest absolute Gasteiger partial charge is 0.508 e. The Kier molecular flexibility index (Phi) is 16.6. The number of amides is 5. The van der Waals surface area contributed by atoms with Gasteiger partial charge in [-0.2, -0.15) is 0 Å². The Morgan fingerprint density at radius 3 is 2.46 bits per heavy atom. The molecule has 17 nitrogen and oxygen atoms in total. The molecule has 3 atom stereocenters. The summed E-state index contributed by atoms with van der Waals surface area (Å²) in [5.74, 6) is -1.57. The molecule has 9 rings (SSSR count). The number of alkyl halides is 1. The Balaban J connectivity index is 0.640. The summed E-state index contributed by atoms with van der Waals surface area (Å²) in [7, 11) is 0. The van der Waals surface area contributed by atoms with E-state index in [4.69, 9.17) is 14.2 Å². The number of rotatable bonds is 19. The van der Waals surface area contributed by atoms with E-state index in [2.05, 4.69) is 71.1 Å². The lowest BCUT2D eigenvalue weighted by molar-refractivity contribution is -0.139. The molecule has 3 N–H and O–H groups in total. The first kappa shape index (κ1) is 50.2. The smallest absolute Gasteiger partial charge is 0.255 e. The minimum Gasteiger partial charge on any atom is -0.508 e. The second kappa shape index (κ2) is 23.2. The Morgan fingerprint density at radius 2 is 1.70 bits per heavy atom. The van der Waals surface area contributed by atoms with E-state index in [9.17, 15) is 33.5 Å². The summed E-state index contributed by atoms with van der Waals surface area (Å²) in [6.07, 6.45) is 4.30. The van der Waals surface area contributed by atoms with E-state index < -0.39 is 17.8 Å². The number of phenolic OH excluding ortho intramolecular Hbond substituents is 1. The first-order valence-corrected chi connectivity index (χ1v) is 26.7. The van der Waals surface area contributed by atoms with Gasteiger partial charge in [-0.05, 0) is 72.4 Å². The van der Waals surface area contributed by atoms with Crippen LogP contribution >= 0.6 is 45.7 Å². The van der Waals surface area contributed by atoms with Crippen LogP contribution in [-0.4, -0.2) is 156 Å². The van der Waals surface area contributed by atoms with Crippen LogP contribution in [0.1, 0.15) is 68.4 Å². The van der Waals surface area contributed by atoms with Crippen molar-refractivity contribution in [2.45, 2.75) is 65.8 Å². The van der Waals surface area contributed by atoms with Gasteiger partial charge in [0, 0.05) is 104 Å². The molecule has 3 saturated heterocycles. The third-order valence-corrected chi connectivity index (χ3v) is 16.7. The molecule has 0 saturated carbocycles. The number of aromatic nitrogens is 1. The molecule has 5 aliphatic rings. The molecule has 6 heterocycles. The van der Waals surface area contributed by atoms with E-state index in [1.807, 2.05) is 23.1 Å². The maximum Gasteiger partial charge on any atom is 0.255 e. The number of carbonyl (C=O) groups is 5. The van der Waals surface area contributed by atoms with Crippen molar-refractivity contribution in [1.29, 1.82) is 0 Å². The normalized spacial score (nSPS) is 20.4. The molecule has 21 heteroatoms. The number of benzene rings is 3. The van der Waals surface area contributed by atoms with Gasteiger partial charge in [-0.1, -0.05) is 40.8 Å². The zero-order valence-electron chi connectivity index (χ0n) is 38.6. The number of hydrogen-bond donors (Lipinski definition) is 3. The average molecular weight is 1110 g/mol. The van der Waals surface area contributed by atoms with Crippen LogP contribution in [0.15, 0.2) is 71.1 Å². The number of imide groups is 1. The maximum absolute atomic E-state index is 14.4. The van der Waals surface area contributed by atoms with E-state index in [-0.39, 0.29) is 58.2 Å². The topological polar surface area (TPSA) is 186 Å². The van der Waals surface area contributed by atoms with Crippen molar-refractivity contribution in [3.05, 3.63) is 99.8 Å². The van der Waals surface area contributed by atoms with Gasteiger partial charge in [-0.3, -0.25) is 44.4 Å². The fraction of sp³-hybridized carbons (Fsp3) is 0.469. The van der Waals surface area contributed by atoms with E-state index in [1.54, 1.807) is 23.3 Å². The summed E-state index contributed by atoms with van der Waals surface area (Å²) in [5, 5.41) is 17.9. The number of piperidine rings is 2. The van der Waals surface area contributed by atoms with Gasteiger partial charge in [0.2, 0.25) is 17.7 Å². The van der Waals surface area contributed by atoms with Crippen molar-refractivity contribution in [1.82, 2.24) is 29.9 Å². The highest BCUT2D eigenvalue weighted by atomic mass is 127. The Labute approximate surface area is 427 Å². The number of hydrogen-bond acceptors (Lipinski definition) is 15. The monoisotopic (exact) mass is 1110 g/mol. The summed E-state index contributed by atoms with van der Waals surface area (Å²) < 4.78 is 31.7. The van der Waals surface area contributed by atoms with Crippen molar-refractivity contribution < 1.29 is 47.7 Å². The van der Waals surface area contributed by atoms with Crippen LogP contribution in [-0.2, 0) is 46.5 Å². The molecule has 0 bridgehead atoms. The molecule has 5 aliphatic heterocycles. The van der Waals surface area contributed by atoms with Crippen LogP contribution in [0.4, 0.5) is 15.2 Å². The lowest BCUT2D eigenvalue weighted by Crippen LogP contribution is -2.54. The van der Waals surface area contributed by atoms with Crippen LogP contribution < -0.4 is 15.5 Å². The van der Waals surface area contributed by atoms with Gasteiger partial charge in [0.25, 0.3) is 11.8 Å². The lowest BCUT2D eigenvalue weighted by atomic mass is 10.0. The molecular formula is C49H56FIN8O9S2. The van der Waals surface area contributed by atoms with Crippen molar-refractivity contribution in [2.24, 2.45) is 0 Å². The van der Waals surface area contributed by atoms with Gasteiger partial charge in [-0.25, -0.2) is 9.37 Å². The average Bonchev–Trinajstić information content (AvgIpc) is 4.09. The van der Waals surface area contributed by atoms with E-state index >= 15 is 0 Å². The SMILES string of the molecule is O=C1CCC(N2Cc3c(SCCOCCOCCOCC(=O)N4CCN(C5CCN(c6ccc7c(c6)C(=O)N(C(C(=O)Nc6nccs6)c6cc(F)ccc6O)C7)CC5)CC4)cccc3C2I)C(=O)N1. The fourth-order valence-electron chi connectivity index (χ4n) is 9.92. The van der Waals surface area contributed by atoms with Crippen molar-refractivity contribution in [3.8, 4) is 5.75 Å². The first-order chi connectivity index (χ1) is 34.0. The molecule has 3 unspecified atom stereocenters. The molecule has 372 valence electrons. The van der Waals surface area contributed by atoms with Crippen LogP contribution in [0.3, 0.4) is 0 Å². The van der Waals surface area contributed by atoms with Crippen molar-refractivity contribution in [2.75, 3.05) is 94.9 Å². The lowest BCUT2D eigenvalue weighted by Gasteiger charge is -2.43. The summed E-state index contributed by atoms with van der Waals surface area (Å²) in [6, 6.07) is 14.2. The zero-order valence-corrected chi connectivity index (χ0v) is 42.4. The van der Waals surface area contributed by atoms with E-state index in [0.29, 0.717) is 82.2 Å². The van der Waals surface area contributed by atoms with Gasteiger partial charge in [0.15, 0.2) is 5.13 Å². The van der Waals surface area contributed by atoms with Gasteiger partial charge < -0.3 is 34.0 Å². The molecule has 70 heavy (non-hydrogen) atoms. The molecule has 3 aromatic carbocycles. The molecule has 0 spiro atoms. The van der Waals surface area contributed by atoms with Crippen LogP contribution in [0, 0.1) is 5.82 Å². The quantitative estimate of drug-likeness (QED) is 0.0273. The van der Waals surface area contributed by atoms with Crippen LogP contribution in [0.25, 0.3) is 0 Å². The number of carbonyl (C=O) groups excluding carboxylic acids is 5. The second-order valence-electron chi connectivity index (χ2n) is 17.8. The number of nitrogens with zero attached hydrogens (tertiary/aromatic N) is 6. The highest BCUT2D eigenvalue weighted by Crippen LogP contribution is 2.45. The third-order valence-electron chi connectivity index (χ3n) is 13.6. The van der Waals surface area contributed by atoms with E-state index in [0.717, 1.165) is 68.2 Å². The molecule has 3 fully saturated rings. The Hall–Kier alpha value is -4.75. The molecular weight excluding hydrogens is 1050 g/mol. The minimum atomic E-state index is -1.29. The number of thiazole rings is 1. The number of nitrogens with one attached hydrogen (secondary N) is 2. The van der Waals surface area contributed by atoms with E-state index in [1.165, 1.54) is 38.3 Å². The van der Waals surface area contributed by atoms with Gasteiger partial charge in [0.1, 0.15) is 24.2 Å². The number of halogens is 2. The number of fused-ring (bicyclic) bond motifs is 2. The minimum absolute atomic E-state index is 0.00886. The highest BCUT2D eigenvalue weighted by molar-refractivity contribution is 14.1. The number of phenols is 1. The Bertz CT molecular complexity index is 2550. The second-order valence-corrected chi connectivity index (χ2v) is 21.0. The summed E-state index contributed by atoms with van der Waals surface area (Å²) in [4.78, 5) is 80.3. The number of aromatic hydroxyl groups is 1. The molecule has 0 aliphatic carbocycles. The van der Waals surface area contributed by atoms with Gasteiger partial charge in [0.05, 0.1) is 43.1 Å². The molecule has 5 amide bonds. The summed E-state index contributed by atoms with van der Waals surface area (Å²) in [6.45, 7) is 7.36. The van der Waals surface area contributed by atoms with Crippen molar-refractivity contribution >= 4 is 86.0 Å². The summed E-state index contributed by atoms with van der Waals surface area (Å²) >= 11 is 5.33. The predicted octanol–water partition coefficient (Wildman–Crippen LogP) is 5.33. The van der Waals surface area contributed by atoms with Crippen LogP contribution in [0.2, 0.25) is 0 Å². The number of piperazine rings is 1. The number of thioether (sulfide) groups is 1. The number of anilines is 2.